The number of amides is 1. The first-order chi connectivity index (χ1) is 11.2. The molecule has 2 aromatic carbocycles. The van der Waals surface area contributed by atoms with E-state index in [1.807, 2.05) is 36.4 Å². The molecule has 3 nitrogen and oxygen atoms in total. The summed E-state index contributed by atoms with van der Waals surface area (Å²) in [5, 5.41) is 2.72. The van der Waals surface area contributed by atoms with Gasteiger partial charge in [-0.05, 0) is 61.1 Å². The van der Waals surface area contributed by atoms with Gasteiger partial charge in [0.2, 0.25) is 5.91 Å². The average molecular weight is 305 g/mol. The zero-order valence-electron chi connectivity index (χ0n) is 12.9. The Morgan fingerprint density at radius 3 is 2.39 bits per heavy atom. The molecule has 0 aromatic heterocycles. The lowest BCUT2D eigenvalue weighted by atomic mass is 9.90. The summed E-state index contributed by atoms with van der Waals surface area (Å²) in [6.07, 6.45) is 7.16. The summed E-state index contributed by atoms with van der Waals surface area (Å²) in [4.78, 5) is 24.1. The van der Waals surface area contributed by atoms with Crippen molar-refractivity contribution in [1.82, 2.24) is 0 Å². The summed E-state index contributed by atoms with van der Waals surface area (Å²) in [6, 6.07) is 15.0. The number of hydrogen-bond acceptors (Lipinski definition) is 2. The molecule has 0 atom stereocenters. The van der Waals surface area contributed by atoms with Gasteiger partial charge in [0.05, 0.1) is 0 Å². The molecule has 23 heavy (non-hydrogen) atoms. The van der Waals surface area contributed by atoms with E-state index in [4.69, 9.17) is 0 Å². The Morgan fingerprint density at radius 2 is 1.61 bits per heavy atom. The molecular formula is C20H19NO2. The molecule has 0 bridgehead atoms. The number of allylic oxidation sites excluding steroid dienone is 1. The second-order valence-corrected chi connectivity index (χ2v) is 5.74. The molecule has 1 aliphatic rings. The highest BCUT2D eigenvalue weighted by atomic mass is 16.1. The number of carbonyl (C=O) groups excluding carboxylic acids is 2. The van der Waals surface area contributed by atoms with Gasteiger partial charge in [0.15, 0.2) is 5.78 Å². The van der Waals surface area contributed by atoms with Crippen LogP contribution < -0.4 is 5.32 Å². The molecule has 1 aliphatic carbocycles. The molecule has 3 heteroatoms. The number of para-hydroxylation sites is 1. The summed E-state index contributed by atoms with van der Waals surface area (Å²) in [7, 11) is 0. The van der Waals surface area contributed by atoms with Crippen molar-refractivity contribution in [1.29, 1.82) is 0 Å². The van der Waals surface area contributed by atoms with Crippen LogP contribution in [0, 0.1) is 0 Å². The molecule has 0 spiro atoms. The van der Waals surface area contributed by atoms with E-state index in [1.165, 1.54) is 36.1 Å². The van der Waals surface area contributed by atoms with Crippen molar-refractivity contribution in [3.05, 3.63) is 77.4 Å². The molecule has 116 valence electrons. The molecule has 0 saturated carbocycles. The number of rotatable bonds is 4. The van der Waals surface area contributed by atoms with Crippen molar-refractivity contribution in [3.63, 3.8) is 0 Å². The van der Waals surface area contributed by atoms with Crippen LogP contribution in [-0.2, 0) is 17.6 Å². The largest absolute Gasteiger partial charge is 0.323 e. The molecule has 0 aliphatic heterocycles. The maximum Gasteiger partial charge on any atom is 0.248 e. The first-order valence-corrected chi connectivity index (χ1v) is 7.92. The molecule has 0 fully saturated rings. The van der Waals surface area contributed by atoms with Crippen LogP contribution in [0.4, 0.5) is 5.69 Å². The summed E-state index contributed by atoms with van der Waals surface area (Å²) >= 11 is 0. The third kappa shape index (κ3) is 3.95. The van der Waals surface area contributed by atoms with Crippen molar-refractivity contribution in [3.8, 4) is 0 Å². The Hall–Kier alpha value is -2.68. The molecule has 0 unspecified atom stereocenters. The van der Waals surface area contributed by atoms with Crippen LogP contribution in [0.5, 0.6) is 0 Å². The standard InChI is InChI=1S/C20H19NO2/c22-19(12-13-20(23)21-18-8-2-1-3-9-18)17-11-10-15-6-4-5-7-16(15)14-17/h1-3,8-14H,4-7H2,(H,21,23)/b13-12+. The van der Waals surface area contributed by atoms with Crippen molar-refractivity contribution in [2.45, 2.75) is 25.7 Å². The van der Waals surface area contributed by atoms with Gasteiger partial charge in [-0.2, -0.15) is 0 Å². The fourth-order valence-electron chi connectivity index (χ4n) is 2.84. The molecule has 2 aromatic rings. The Bertz CT molecular complexity index is 747. The Kier molecular flexibility index (Phi) is 4.67. The predicted octanol–water partition coefficient (Wildman–Crippen LogP) is 3.94. The van der Waals surface area contributed by atoms with Gasteiger partial charge in [-0.15, -0.1) is 0 Å². The summed E-state index contributed by atoms with van der Waals surface area (Å²) in [5.41, 5.74) is 3.97. The Labute approximate surface area is 136 Å². The van der Waals surface area contributed by atoms with E-state index in [1.54, 1.807) is 12.1 Å². The van der Waals surface area contributed by atoms with E-state index in [0.717, 1.165) is 12.8 Å². The van der Waals surface area contributed by atoms with Gasteiger partial charge in [-0.25, -0.2) is 0 Å². The van der Waals surface area contributed by atoms with Gasteiger partial charge in [0, 0.05) is 17.3 Å². The normalized spacial score (nSPS) is 13.6. The third-order valence-electron chi connectivity index (χ3n) is 4.06. The van der Waals surface area contributed by atoms with Gasteiger partial charge in [-0.1, -0.05) is 30.3 Å². The quantitative estimate of drug-likeness (QED) is 0.687. The van der Waals surface area contributed by atoms with Gasteiger partial charge in [0.1, 0.15) is 0 Å². The van der Waals surface area contributed by atoms with E-state index in [-0.39, 0.29) is 11.7 Å². The zero-order chi connectivity index (χ0) is 16.1. The number of carbonyl (C=O) groups is 2. The van der Waals surface area contributed by atoms with Crippen LogP contribution in [0.15, 0.2) is 60.7 Å². The van der Waals surface area contributed by atoms with Crippen molar-refractivity contribution in [2.24, 2.45) is 0 Å². The third-order valence-corrected chi connectivity index (χ3v) is 4.06. The number of nitrogens with one attached hydrogen (secondary N) is 1. The fraction of sp³-hybridized carbons (Fsp3) is 0.200. The van der Waals surface area contributed by atoms with E-state index in [2.05, 4.69) is 5.32 Å². The first-order valence-electron chi connectivity index (χ1n) is 7.92. The highest BCUT2D eigenvalue weighted by molar-refractivity contribution is 6.09. The summed E-state index contributed by atoms with van der Waals surface area (Å²) in [5.74, 6) is -0.441. The van der Waals surface area contributed by atoms with Gasteiger partial charge in [-0.3, -0.25) is 9.59 Å². The average Bonchev–Trinajstić information content (AvgIpc) is 2.60. The van der Waals surface area contributed by atoms with E-state index >= 15 is 0 Å². The van der Waals surface area contributed by atoms with Crippen LogP contribution in [0.25, 0.3) is 0 Å². The maximum absolute atomic E-state index is 12.2. The number of fused-ring (bicyclic) bond motifs is 1. The highest BCUT2D eigenvalue weighted by Gasteiger charge is 2.11. The lowest BCUT2D eigenvalue weighted by molar-refractivity contribution is -0.111. The van der Waals surface area contributed by atoms with Crippen LogP contribution in [0.2, 0.25) is 0 Å². The minimum atomic E-state index is -0.303. The van der Waals surface area contributed by atoms with Gasteiger partial charge >= 0.3 is 0 Å². The van der Waals surface area contributed by atoms with Crippen LogP contribution in [0.3, 0.4) is 0 Å². The van der Waals surface area contributed by atoms with Gasteiger partial charge < -0.3 is 5.32 Å². The molecule has 1 N–H and O–H groups in total. The van der Waals surface area contributed by atoms with Crippen molar-refractivity contribution >= 4 is 17.4 Å². The second-order valence-electron chi connectivity index (χ2n) is 5.74. The van der Waals surface area contributed by atoms with Crippen molar-refractivity contribution in [2.75, 3.05) is 5.32 Å². The Morgan fingerprint density at radius 1 is 0.870 bits per heavy atom. The number of hydrogen-bond donors (Lipinski definition) is 1. The van der Waals surface area contributed by atoms with E-state index in [0.29, 0.717) is 11.3 Å². The monoisotopic (exact) mass is 305 g/mol. The number of benzene rings is 2. The molecular weight excluding hydrogens is 286 g/mol. The lowest BCUT2D eigenvalue weighted by Gasteiger charge is -2.15. The minimum Gasteiger partial charge on any atom is -0.323 e. The van der Waals surface area contributed by atoms with Crippen molar-refractivity contribution < 1.29 is 9.59 Å². The van der Waals surface area contributed by atoms with E-state index < -0.39 is 0 Å². The van der Waals surface area contributed by atoms with Crippen LogP contribution >= 0.6 is 0 Å². The number of aryl methyl sites for hydroxylation is 2. The molecule has 3 rings (SSSR count). The first kappa shape index (κ1) is 15.2. The molecule has 0 heterocycles. The molecule has 1 amide bonds. The summed E-state index contributed by atoms with van der Waals surface area (Å²) < 4.78 is 0. The minimum absolute atomic E-state index is 0.137. The van der Waals surface area contributed by atoms with Crippen LogP contribution in [-0.4, -0.2) is 11.7 Å². The Balaban J connectivity index is 1.65. The topological polar surface area (TPSA) is 46.2 Å². The summed E-state index contributed by atoms with van der Waals surface area (Å²) in [6.45, 7) is 0. The molecule has 0 saturated heterocycles. The van der Waals surface area contributed by atoms with Gasteiger partial charge in [0.25, 0.3) is 0 Å². The number of anilines is 1. The second kappa shape index (κ2) is 7.05. The zero-order valence-corrected chi connectivity index (χ0v) is 12.9. The van der Waals surface area contributed by atoms with Crippen LogP contribution in [0.1, 0.15) is 34.3 Å². The SMILES string of the molecule is O=C(/C=C/C(=O)c1ccc2c(c1)CCCC2)Nc1ccccc1. The molecule has 0 radical (unpaired) electrons. The predicted molar refractivity (Wildman–Crippen MR) is 91.6 cm³/mol. The fourth-order valence-corrected chi connectivity index (χ4v) is 2.84. The number of ketones is 1. The maximum atomic E-state index is 12.2. The highest BCUT2D eigenvalue weighted by Crippen LogP contribution is 2.22. The lowest BCUT2D eigenvalue weighted by Crippen LogP contribution is -2.09. The smallest absolute Gasteiger partial charge is 0.248 e. The van der Waals surface area contributed by atoms with E-state index in [9.17, 15) is 9.59 Å².